The van der Waals surface area contributed by atoms with Gasteiger partial charge in [0, 0.05) is 54.2 Å². The Morgan fingerprint density at radius 3 is 2.21 bits per heavy atom. The molecule has 0 unspecified atom stereocenters. The quantitative estimate of drug-likeness (QED) is 0.130. The Balaban J connectivity index is 0.000000219. The fraction of sp³-hybridized carbons (Fsp3) is 0.146. The summed E-state index contributed by atoms with van der Waals surface area (Å²) in [5.41, 5.74) is 10.1. The first-order valence-electron chi connectivity index (χ1n) is 18.6. The molecule has 0 saturated heterocycles. The van der Waals surface area contributed by atoms with Crippen LogP contribution in [0.25, 0.3) is 83.4 Å². The number of benzene rings is 5. The Morgan fingerprint density at radius 1 is 0.679 bits per heavy atom. The van der Waals surface area contributed by atoms with Gasteiger partial charge in [0.15, 0.2) is 0 Å². The maximum absolute atomic E-state index is 6.43. The zero-order chi connectivity index (χ0) is 37.9. The molecule has 0 saturated carbocycles. The van der Waals surface area contributed by atoms with Gasteiger partial charge in [0.1, 0.15) is 11.2 Å². The van der Waals surface area contributed by atoms with Crippen molar-refractivity contribution < 1.29 is 28.9 Å². The van der Waals surface area contributed by atoms with E-state index in [1.165, 1.54) is 9.96 Å². The molecular formula is C48H40GeIrN4O2-2. The topological polar surface area (TPSA) is 69.9 Å². The zero-order valence-electron chi connectivity index (χ0n) is 32.1. The van der Waals surface area contributed by atoms with Crippen LogP contribution in [-0.2, 0) is 25.5 Å². The van der Waals surface area contributed by atoms with Crippen molar-refractivity contribution in [2.75, 3.05) is 0 Å². The van der Waals surface area contributed by atoms with Crippen LogP contribution in [0.1, 0.15) is 26.3 Å². The van der Waals surface area contributed by atoms with Gasteiger partial charge in [-0.1, -0.05) is 56.0 Å². The number of pyridine rings is 2. The SMILES string of the molecule is CC(C)(C)c1ccc2c(c1)oc1cc(-n3c(-c4[c-]ccc5c4oc4ncccc45)nc4ccccc43)ccc12.[CH3][Ge]([CH3])([CH3])[c]1ccc(-c2[c-]cccc2)nc1.[Ir]. The minimum atomic E-state index is -1.72. The summed E-state index contributed by atoms with van der Waals surface area (Å²) in [6.45, 7) is 6.66. The molecule has 0 amide bonds. The predicted molar refractivity (Wildman–Crippen MR) is 228 cm³/mol. The minimum absolute atomic E-state index is 0. The molecule has 8 heteroatoms. The van der Waals surface area contributed by atoms with E-state index in [4.69, 9.17) is 13.8 Å². The monoisotopic (exact) mass is 971 g/mol. The molecule has 6 nitrogen and oxygen atoms in total. The van der Waals surface area contributed by atoms with Gasteiger partial charge in [-0.25, -0.2) is 4.98 Å². The van der Waals surface area contributed by atoms with Crippen LogP contribution < -0.4 is 4.40 Å². The van der Waals surface area contributed by atoms with Crippen LogP contribution in [0.3, 0.4) is 0 Å². The summed E-state index contributed by atoms with van der Waals surface area (Å²) < 4.78 is 16.3. The van der Waals surface area contributed by atoms with Crippen molar-refractivity contribution in [1.29, 1.82) is 0 Å². The third kappa shape index (κ3) is 6.89. The molecule has 5 heterocycles. The first-order chi connectivity index (χ1) is 26.5. The normalized spacial score (nSPS) is 12.0. The molecule has 5 aromatic heterocycles. The number of imidazole rings is 1. The van der Waals surface area contributed by atoms with E-state index in [0.717, 1.165) is 77.7 Å². The van der Waals surface area contributed by atoms with Gasteiger partial charge in [-0.2, -0.15) is 0 Å². The summed E-state index contributed by atoms with van der Waals surface area (Å²) in [5, 5.41) is 4.18. The number of hydrogen-bond acceptors (Lipinski definition) is 5. The molecular weight excluding hydrogens is 929 g/mol. The van der Waals surface area contributed by atoms with Crippen LogP contribution in [0.5, 0.6) is 0 Å². The van der Waals surface area contributed by atoms with Crippen molar-refractivity contribution in [2.24, 2.45) is 0 Å². The molecule has 0 spiro atoms. The Hall–Kier alpha value is -5.34. The van der Waals surface area contributed by atoms with E-state index in [9.17, 15) is 0 Å². The summed E-state index contributed by atoms with van der Waals surface area (Å²) in [6.07, 6.45) is 3.78. The second-order valence-corrected chi connectivity index (χ2v) is 26.7. The Kier molecular flexibility index (Phi) is 9.82. The first-order valence-corrected chi connectivity index (χ1v) is 25.9. The Morgan fingerprint density at radius 2 is 1.46 bits per heavy atom. The standard InChI is InChI=1S/C34H24N3O2.C14H16GeN.Ir/c1-34(2,3)20-13-15-22-23-16-14-21(19-30(23)38-29(22)18-20)37-28-12-5-4-11-27(28)36-32(37)26-9-6-8-24-25-10-7-17-35-33(25)39-31(24)26;1-15(2,3)13-9-10-14(16-11-13)12-7-5-4-6-8-12;/h4-8,10-19H,1-3H3;4-7,9-11H,1-3H3;/q2*-1;. The second kappa shape index (κ2) is 14.6. The van der Waals surface area contributed by atoms with Crippen LogP contribution in [0.15, 0.2) is 143 Å². The van der Waals surface area contributed by atoms with E-state index in [-0.39, 0.29) is 25.5 Å². The van der Waals surface area contributed by atoms with Crippen molar-refractivity contribution in [2.45, 2.75) is 43.5 Å². The van der Waals surface area contributed by atoms with Gasteiger partial charge in [-0.3, -0.25) is 4.98 Å². The summed E-state index contributed by atoms with van der Waals surface area (Å²) in [4.78, 5) is 14.0. The van der Waals surface area contributed by atoms with Gasteiger partial charge < -0.3 is 13.4 Å². The van der Waals surface area contributed by atoms with Crippen molar-refractivity contribution in [3.8, 4) is 28.3 Å². The second-order valence-electron chi connectivity index (χ2n) is 16.0. The van der Waals surface area contributed by atoms with Gasteiger partial charge in [-0.05, 0) is 53.4 Å². The number of furan rings is 2. The van der Waals surface area contributed by atoms with E-state index >= 15 is 0 Å². The molecule has 5 aromatic carbocycles. The van der Waals surface area contributed by atoms with Crippen LogP contribution in [0.4, 0.5) is 0 Å². The molecule has 0 aliphatic rings. The third-order valence-corrected chi connectivity index (χ3v) is 14.4. The summed E-state index contributed by atoms with van der Waals surface area (Å²) in [6, 6.07) is 47.9. The van der Waals surface area contributed by atoms with Gasteiger partial charge in [0.05, 0.1) is 22.4 Å². The van der Waals surface area contributed by atoms with Crippen LogP contribution in [0.2, 0.25) is 17.3 Å². The number of aromatic nitrogens is 4. The van der Waals surface area contributed by atoms with Gasteiger partial charge in [-0.15, -0.1) is 18.2 Å². The fourth-order valence-electron chi connectivity index (χ4n) is 7.12. The summed E-state index contributed by atoms with van der Waals surface area (Å²) >= 11 is -1.72. The number of fused-ring (bicyclic) bond motifs is 7. The van der Waals surface area contributed by atoms with Crippen LogP contribution in [-0.4, -0.2) is 32.8 Å². The summed E-state index contributed by atoms with van der Waals surface area (Å²) in [5.74, 6) is 7.90. The van der Waals surface area contributed by atoms with Crippen molar-refractivity contribution in [3.05, 3.63) is 151 Å². The molecule has 0 fully saturated rings. The van der Waals surface area contributed by atoms with Crippen LogP contribution >= 0.6 is 0 Å². The molecule has 10 aromatic rings. The fourth-order valence-corrected chi connectivity index (χ4v) is 9.29. The molecule has 0 N–H and O–H groups in total. The minimum Gasteiger partial charge on any atom is 0 e. The van der Waals surface area contributed by atoms with E-state index in [1.807, 2.05) is 72.9 Å². The zero-order valence-corrected chi connectivity index (χ0v) is 36.6. The molecule has 1 radical (unpaired) electrons. The number of nitrogens with zero attached hydrogens (tertiary/aromatic N) is 4. The third-order valence-electron chi connectivity index (χ3n) is 10.2. The van der Waals surface area contributed by atoms with Gasteiger partial charge in [0.2, 0.25) is 5.71 Å². The molecule has 0 bridgehead atoms. The predicted octanol–water partition coefficient (Wildman–Crippen LogP) is 12.1. The van der Waals surface area contributed by atoms with Gasteiger partial charge >= 0.3 is 99.8 Å². The van der Waals surface area contributed by atoms with Crippen molar-refractivity contribution >= 4 is 72.7 Å². The molecule has 0 atom stereocenters. The van der Waals surface area contributed by atoms with E-state index in [1.54, 1.807) is 6.20 Å². The Bertz CT molecular complexity index is 3010. The van der Waals surface area contributed by atoms with E-state index < -0.39 is 13.3 Å². The molecule has 10 rings (SSSR count). The smallest absolute Gasteiger partial charge is 0 e. The molecule has 279 valence electrons. The average Bonchev–Trinajstić information content (AvgIpc) is 3.88. The molecule has 0 aliphatic heterocycles. The first kappa shape index (κ1) is 37.6. The van der Waals surface area contributed by atoms with Crippen molar-refractivity contribution in [1.82, 2.24) is 19.5 Å². The number of para-hydroxylation sites is 2. The van der Waals surface area contributed by atoms with Crippen LogP contribution in [0, 0.1) is 12.1 Å². The molecule has 0 aliphatic carbocycles. The number of hydrogen-bond donors (Lipinski definition) is 0. The van der Waals surface area contributed by atoms with E-state index in [0.29, 0.717) is 5.71 Å². The largest absolute Gasteiger partial charge is 0 e. The Labute approximate surface area is 342 Å². The average molecular weight is 970 g/mol. The molecule has 56 heavy (non-hydrogen) atoms. The van der Waals surface area contributed by atoms with E-state index in [2.05, 4.69) is 119 Å². The maximum atomic E-state index is 6.43. The summed E-state index contributed by atoms with van der Waals surface area (Å²) in [7, 11) is 0. The van der Waals surface area contributed by atoms with Crippen molar-refractivity contribution in [3.63, 3.8) is 0 Å². The maximum Gasteiger partial charge on any atom is 0 e. The van der Waals surface area contributed by atoms with Gasteiger partial charge in [0.25, 0.3) is 0 Å². The number of rotatable bonds is 4.